The van der Waals surface area contributed by atoms with Crippen LogP contribution in [0.25, 0.3) is 5.57 Å². The van der Waals surface area contributed by atoms with E-state index >= 15 is 0 Å². The average Bonchev–Trinajstić information content (AvgIpc) is 2.58. The quantitative estimate of drug-likeness (QED) is 0.721. The molecule has 24 heavy (non-hydrogen) atoms. The van der Waals surface area contributed by atoms with Gasteiger partial charge < -0.3 is 0 Å². The van der Waals surface area contributed by atoms with E-state index < -0.39 is 0 Å². The molecule has 2 aliphatic rings. The Morgan fingerprint density at radius 2 is 1.79 bits per heavy atom. The summed E-state index contributed by atoms with van der Waals surface area (Å²) in [5, 5.41) is 0. The molecule has 1 heteroatoms. The molecule has 2 aromatic rings. The second-order valence-corrected chi connectivity index (χ2v) is 7.45. The van der Waals surface area contributed by atoms with E-state index in [1.807, 2.05) is 0 Å². The van der Waals surface area contributed by atoms with Crippen LogP contribution in [-0.2, 0) is 6.54 Å². The van der Waals surface area contributed by atoms with Crippen LogP contribution >= 0.6 is 0 Å². The van der Waals surface area contributed by atoms with Crippen LogP contribution in [0.15, 0.2) is 54.6 Å². The predicted molar refractivity (Wildman–Crippen MR) is 102 cm³/mol. The molecule has 0 radical (unpaired) electrons. The fourth-order valence-corrected chi connectivity index (χ4v) is 4.46. The van der Waals surface area contributed by atoms with Crippen molar-refractivity contribution in [1.82, 2.24) is 4.90 Å². The maximum atomic E-state index is 2.74. The number of fused-ring (bicyclic) bond motifs is 2. The Morgan fingerprint density at radius 1 is 0.958 bits per heavy atom. The number of hydrogen-bond acceptors (Lipinski definition) is 1. The van der Waals surface area contributed by atoms with Gasteiger partial charge in [0, 0.05) is 18.6 Å². The van der Waals surface area contributed by atoms with Crippen molar-refractivity contribution in [3.8, 4) is 0 Å². The molecule has 1 saturated heterocycles. The van der Waals surface area contributed by atoms with E-state index in [1.54, 1.807) is 5.57 Å². The van der Waals surface area contributed by atoms with Crippen molar-refractivity contribution in [2.75, 3.05) is 0 Å². The highest BCUT2D eigenvalue weighted by molar-refractivity contribution is 5.71. The first-order chi connectivity index (χ1) is 11.7. The Labute approximate surface area is 146 Å². The molecule has 1 fully saturated rings. The minimum Gasteiger partial charge on any atom is -0.289 e. The van der Waals surface area contributed by atoms with Crippen LogP contribution in [0.2, 0.25) is 0 Å². The molecule has 0 aliphatic carbocycles. The second-order valence-electron chi connectivity index (χ2n) is 7.45. The van der Waals surface area contributed by atoms with Gasteiger partial charge in [0.15, 0.2) is 0 Å². The normalized spacial score (nSPS) is 23.8. The summed E-state index contributed by atoms with van der Waals surface area (Å²) < 4.78 is 0. The van der Waals surface area contributed by atoms with Crippen LogP contribution in [-0.4, -0.2) is 17.0 Å². The summed E-state index contributed by atoms with van der Waals surface area (Å²) in [6.45, 7) is 5.59. The van der Waals surface area contributed by atoms with Crippen molar-refractivity contribution in [2.45, 2.75) is 58.2 Å². The SMILES string of the molecule is Cc1cccc(C2=CC3CCCC(C2)N3Cc2ccccc2)c1C. The topological polar surface area (TPSA) is 3.24 Å². The minimum absolute atomic E-state index is 0.604. The summed E-state index contributed by atoms with van der Waals surface area (Å²) in [4.78, 5) is 2.74. The van der Waals surface area contributed by atoms with Crippen molar-refractivity contribution in [2.24, 2.45) is 0 Å². The molecule has 0 saturated carbocycles. The monoisotopic (exact) mass is 317 g/mol. The summed E-state index contributed by atoms with van der Waals surface area (Å²) >= 11 is 0. The van der Waals surface area contributed by atoms with Crippen LogP contribution in [0, 0.1) is 13.8 Å². The number of aryl methyl sites for hydroxylation is 1. The smallest absolute Gasteiger partial charge is 0.0290 e. The van der Waals surface area contributed by atoms with E-state index in [2.05, 4.69) is 73.4 Å². The summed E-state index contributed by atoms with van der Waals surface area (Å²) in [5.74, 6) is 0. The largest absolute Gasteiger partial charge is 0.289 e. The third-order valence-corrected chi connectivity index (χ3v) is 5.94. The summed E-state index contributed by atoms with van der Waals surface area (Å²) in [7, 11) is 0. The van der Waals surface area contributed by atoms with Crippen LogP contribution in [0.3, 0.4) is 0 Å². The summed E-state index contributed by atoms with van der Waals surface area (Å²) in [6, 6.07) is 19.0. The molecule has 0 N–H and O–H groups in total. The molecule has 124 valence electrons. The highest BCUT2D eigenvalue weighted by atomic mass is 15.2. The van der Waals surface area contributed by atoms with Crippen molar-refractivity contribution >= 4 is 5.57 Å². The number of hydrogen-bond donors (Lipinski definition) is 0. The molecule has 0 aromatic heterocycles. The fourth-order valence-electron chi connectivity index (χ4n) is 4.46. The lowest BCUT2D eigenvalue weighted by Crippen LogP contribution is -2.47. The van der Waals surface area contributed by atoms with Crippen LogP contribution in [0.1, 0.15) is 47.9 Å². The van der Waals surface area contributed by atoms with E-state index in [0.29, 0.717) is 12.1 Å². The van der Waals surface area contributed by atoms with Crippen molar-refractivity contribution in [3.63, 3.8) is 0 Å². The molecule has 2 aliphatic heterocycles. The van der Waals surface area contributed by atoms with Gasteiger partial charge in [-0.1, -0.05) is 61.0 Å². The van der Waals surface area contributed by atoms with Crippen molar-refractivity contribution in [1.29, 1.82) is 0 Å². The Morgan fingerprint density at radius 3 is 2.58 bits per heavy atom. The molecule has 4 rings (SSSR count). The van der Waals surface area contributed by atoms with E-state index in [-0.39, 0.29) is 0 Å². The molecule has 2 unspecified atom stereocenters. The molecule has 0 amide bonds. The van der Waals surface area contributed by atoms with Crippen LogP contribution in [0.5, 0.6) is 0 Å². The van der Waals surface area contributed by atoms with Gasteiger partial charge in [0.25, 0.3) is 0 Å². The van der Waals surface area contributed by atoms with Gasteiger partial charge in [0.2, 0.25) is 0 Å². The molecule has 2 heterocycles. The molecule has 2 atom stereocenters. The molecular weight excluding hydrogens is 290 g/mol. The number of nitrogens with zero attached hydrogens (tertiary/aromatic N) is 1. The third kappa shape index (κ3) is 2.93. The predicted octanol–water partition coefficient (Wildman–Crippen LogP) is 5.51. The highest BCUT2D eigenvalue weighted by Crippen LogP contribution is 2.39. The standard InChI is InChI=1S/C23H27N/c1-17-8-6-13-23(18(17)2)20-14-21-11-7-12-22(15-20)24(21)16-19-9-4-3-5-10-19/h3-6,8-10,13-14,21-22H,7,11-12,15-16H2,1-2H3. The fraction of sp³-hybridized carbons (Fsp3) is 0.391. The third-order valence-electron chi connectivity index (χ3n) is 5.94. The van der Waals surface area contributed by atoms with Crippen molar-refractivity contribution in [3.05, 3.63) is 76.9 Å². The van der Waals surface area contributed by atoms with Gasteiger partial charge >= 0.3 is 0 Å². The lowest BCUT2D eigenvalue weighted by atomic mass is 9.81. The second kappa shape index (κ2) is 6.57. The first-order valence-corrected chi connectivity index (χ1v) is 9.29. The zero-order valence-electron chi connectivity index (χ0n) is 14.8. The maximum absolute atomic E-state index is 2.74. The first-order valence-electron chi connectivity index (χ1n) is 9.29. The van der Waals surface area contributed by atoms with Gasteiger partial charge in [-0.15, -0.1) is 0 Å². The zero-order valence-corrected chi connectivity index (χ0v) is 14.8. The van der Waals surface area contributed by atoms with Crippen LogP contribution < -0.4 is 0 Å². The summed E-state index contributed by atoms with van der Waals surface area (Å²) in [5.41, 5.74) is 7.36. The molecule has 1 nitrogen and oxygen atoms in total. The Bertz CT molecular complexity index is 744. The van der Waals surface area contributed by atoms with Gasteiger partial charge in [0.05, 0.1) is 0 Å². The van der Waals surface area contributed by atoms with E-state index in [1.165, 1.54) is 47.9 Å². The lowest BCUT2D eigenvalue weighted by molar-refractivity contribution is 0.0951. The Balaban J connectivity index is 1.64. The average molecular weight is 317 g/mol. The minimum atomic E-state index is 0.604. The van der Waals surface area contributed by atoms with Crippen LogP contribution in [0.4, 0.5) is 0 Å². The van der Waals surface area contributed by atoms with Gasteiger partial charge in [-0.2, -0.15) is 0 Å². The first kappa shape index (κ1) is 15.7. The van der Waals surface area contributed by atoms with E-state index in [0.717, 1.165) is 6.54 Å². The molecule has 2 aromatic carbocycles. The molecule has 0 spiro atoms. The van der Waals surface area contributed by atoms with E-state index in [9.17, 15) is 0 Å². The number of benzene rings is 2. The summed E-state index contributed by atoms with van der Waals surface area (Å²) in [6.07, 6.45) is 7.79. The lowest BCUT2D eigenvalue weighted by Gasteiger charge is -2.45. The van der Waals surface area contributed by atoms with Gasteiger partial charge in [-0.3, -0.25) is 4.90 Å². The van der Waals surface area contributed by atoms with E-state index in [4.69, 9.17) is 0 Å². The van der Waals surface area contributed by atoms with Gasteiger partial charge in [0.1, 0.15) is 0 Å². The number of rotatable bonds is 3. The number of piperidine rings is 1. The highest BCUT2D eigenvalue weighted by Gasteiger charge is 2.34. The molecule has 2 bridgehead atoms. The zero-order chi connectivity index (χ0) is 16.5. The maximum Gasteiger partial charge on any atom is 0.0290 e. The van der Waals surface area contributed by atoms with Crippen molar-refractivity contribution < 1.29 is 0 Å². The molecular formula is C23H27N. The Hall–Kier alpha value is -1.86. The van der Waals surface area contributed by atoms with Gasteiger partial charge in [-0.25, -0.2) is 0 Å². The Kier molecular flexibility index (Phi) is 4.28. The van der Waals surface area contributed by atoms with Gasteiger partial charge in [-0.05, 0) is 60.9 Å².